The highest BCUT2D eigenvalue weighted by Gasteiger charge is 2.15. The standard InChI is InChI=1S/C19H26N6O2.C10H16N2/c1-5-20-18(10-15(3)21-8-9-27-4)25-19(22-13-23-25)24-17-11-16(12-26)7-6-14(17)2;1-10(2,3)9-7-8(11-4)5-6-12-9/h5-7,10-13,15,21H,8-9H2,1-4H3,(H,22,23,24);5-7H,1-4H3,(H,11,12)/b18-10+,20-5-;. The van der Waals surface area contributed by atoms with Crippen molar-refractivity contribution in [2.75, 3.05) is 37.9 Å². The Hall–Kier alpha value is -3.89. The molecule has 1 unspecified atom stereocenters. The fourth-order valence-corrected chi connectivity index (χ4v) is 3.43. The lowest BCUT2D eigenvalue weighted by Crippen LogP contribution is -2.28. The van der Waals surface area contributed by atoms with E-state index in [0.29, 0.717) is 23.9 Å². The maximum absolute atomic E-state index is 11.1. The molecular formula is C29H42N8O2. The molecule has 0 aliphatic heterocycles. The summed E-state index contributed by atoms with van der Waals surface area (Å²) in [6.45, 7) is 13.7. The van der Waals surface area contributed by atoms with Crippen LogP contribution in [0.15, 0.2) is 53.9 Å². The van der Waals surface area contributed by atoms with E-state index < -0.39 is 0 Å². The Kier molecular flexibility index (Phi) is 12.5. The van der Waals surface area contributed by atoms with Crippen LogP contribution >= 0.6 is 0 Å². The molecule has 0 saturated carbocycles. The van der Waals surface area contributed by atoms with Crippen molar-refractivity contribution >= 4 is 35.6 Å². The number of benzene rings is 1. The summed E-state index contributed by atoms with van der Waals surface area (Å²) in [5.41, 5.74) is 4.75. The number of hydrogen-bond donors (Lipinski definition) is 3. The van der Waals surface area contributed by atoms with E-state index in [0.717, 1.165) is 35.5 Å². The van der Waals surface area contributed by atoms with Gasteiger partial charge < -0.3 is 20.7 Å². The number of hydrogen-bond acceptors (Lipinski definition) is 9. The minimum Gasteiger partial charge on any atom is -0.388 e. The molecule has 210 valence electrons. The molecule has 2 heterocycles. The fraction of sp³-hybridized carbons (Fsp3) is 0.414. The lowest BCUT2D eigenvalue weighted by atomic mass is 9.91. The first kappa shape index (κ1) is 31.3. The number of methoxy groups -OCH3 is 1. The van der Waals surface area contributed by atoms with E-state index in [1.165, 1.54) is 6.33 Å². The zero-order valence-corrected chi connectivity index (χ0v) is 24.3. The molecule has 1 aromatic carbocycles. The van der Waals surface area contributed by atoms with Crippen LogP contribution in [0.4, 0.5) is 17.3 Å². The molecule has 0 radical (unpaired) electrons. The minimum atomic E-state index is 0.0658. The number of anilines is 3. The topological polar surface area (TPSA) is 118 Å². The summed E-state index contributed by atoms with van der Waals surface area (Å²) < 4.78 is 6.68. The van der Waals surface area contributed by atoms with Crippen molar-refractivity contribution in [3.8, 4) is 0 Å². The molecule has 3 aromatic rings. The predicted octanol–water partition coefficient (Wildman–Crippen LogP) is 5.08. The van der Waals surface area contributed by atoms with Gasteiger partial charge in [0.25, 0.3) is 0 Å². The molecule has 0 bridgehead atoms. The average Bonchev–Trinajstić information content (AvgIpc) is 3.38. The van der Waals surface area contributed by atoms with E-state index in [4.69, 9.17) is 4.74 Å². The molecule has 0 spiro atoms. The van der Waals surface area contributed by atoms with Crippen LogP contribution < -0.4 is 16.0 Å². The van der Waals surface area contributed by atoms with Crippen LogP contribution in [0.25, 0.3) is 5.82 Å². The summed E-state index contributed by atoms with van der Waals surface area (Å²) in [6, 6.07) is 9.56. The molecule has 0 amide bonds. The van der Waals surface area contributed by atoms with Gasteiger partial charge in [-0.15, -0.1) is 0 Å². The second kappa shape index (κ2) is 15.5. The number of aldehydes is 1. The molecule has 3 rings (SSSR count). The van der Waals surface area contributed by atoms with Crippen LogP contribution in [0.3, 0.4) is 0 Å². The van der Waals surface area contributed by atoms with Gasteiger partial charge in [-0.3, -0.25) is 9.78 Å². The summed E-state index contributed by atoms with van der Waals surface area (Å²) >= 11 is 0. The molecule has 0 fully saturated rings. The number of nitrogens with one attached hydrogen (secondary N) is 3. The Morgan fingerprint density at radius 1 is 1.21 bits per heavy atom. The number of carbonyl (C=O) groups excluding carboxylic acids is 1. The number of nitrogens with zero attached hydrogens (tertiary/aromatic N) is 5. The minimum absolute atomic E-state index is 0.0658. The van der Waals surface area contributed by atoms with Gasteiger partial charge in [-0.05, 0) is 50.6 Å². The third-order valence-electron chi connectivity index (χ3n) is 5.66. The van der Waals surface area contributed by atoms with Gasteiger partial charge in [0.15, 0.2) is 5.82 Å². The summed E-state index contributed by atoms with van der Waals surface area (Å²) in [4.78, 5) is 24.1. The van der Waals surface area contributed by atoms with Crippen molar-refractivity contribution < 1.29 is 9.53 Å². The van der Waals surface area contributed by atoms with E-state index in [1.807, 2.05) is 52.2 Å². The Bertz CT molecular complexity index is 1240. The Morgan fingerprint density at radius 2 is 1.97 bits per heavy atom. The van der Waals surface area contributed by atoms with Crippen molar-refractivity contribution in [3.63, 3.8) is 0 Å². The molecule has 2 aromatic heterocycles. The lowest BCUT2D eigenvalue weighted by Gasteiger charge is -2.17. The maximum Gasteiger partial charge on any atom is 0.231 e. The van der Waals surface area contributed by atoms with Crippen LogP contribution in [0.1, 0.15) is 56.2 Å². The van der Waals surface area contributed by atoms with E-state index in [9.17, 15) is 4.79 Å². The van der Waals surface area contributed by atoms with Gasteiger partial charge in [-0.1, -0.05) is 32.9 Å². The average molecular weight is 535 g/mol. The van der Waals surface area contributed by atoms with E-state index in [1.54, 1.807) is 30.1 Å². The van der Waals surface area contributed by atoms with Crippen LogP contribution in [0, 0.1) is 6.92 Å². The number of pyridine rings is 1. The first-order valence-corrected chi connectivity index (χ1v) is 12.9. The van der Waals surface area contributed by atoms with Gasteiger partial charge in [0, 0.05) is 67.2 Å². The highest BCUT2D eigenvalue weighted by molar-refractivity contribution is 5.78. The molecule has 39 heavy (non-hydrogen) atoms. The van der Waals surface area contributed by atoms with E-state index in [2.05, 4.69) is 62.8 Å². The van der Waals surface area contributed by atoms with Crippen LogP contribution in [0.2, 0.25) is 0 Å². The first-order valence-electron chi connectivity index (χ1n) is 12.9. The van der Waals surface area contributed by atoms with Gasteiger partial charge in [-0.25, -0.2) is 4.99 Å². The Balaban J connectivity index is 0.000000370. The van der Waals surface area contributed by atoms with Crippen molar-refractivity contribution in [1.82, 2.24) is 25.1 Å². The third-order valence-corrected chi connectivity index (χ3v) is 5.66. The molecule has 10 heteroatoms. The monoisotopic (exact) mass is 534 g/mol. The van der Waals surface area contributed by atoms with Gasteiger partial charge in [0.05, 0.1) is 6.61 Å². The predicted molar refractivity (Wildman–Crippen MR) is 160 cm³/mol. The number of carbonyl (C=O) groups is 1. The number of rotatable bonds is 11. The van der Waals surface area contributed by atoms with Gasteiger partial charge >= 0.3 is 0 Å². The van der Waals surface area contributed by atoms with Gasteiger partial charge in [0.1, 0.15) is 12.6 Å². The summed E-state index contributed by atoms with van der Waals surface area (Å²) in [5.74, 6) is 1.15. The number of aromatic nitrogens is 4. The maximum atomic E-state index is 11.1. The summed E-state index contributed by atoms with van der Waals surface area (Å²) in [6.07, 6.45) is 7.78. The van der Waals surface area contributed by atoms with Crippen molar-refractivity contribution in [2.45, 2.75) is 53.0 Å². The van der Waals surface area contributed by atoms with Gasteiger partial charge in [-0.2, -0.15) is 14.8 Å². The summed E-state index contributed by atoms with van der Waals surface area (Å²) in [5, 5.41) is 14.0. The number of aliphatic imine (C=N–C) groups is 1. The zero-order chi connectivity index (χ0) is 28.8. The number of ether oxygens (including phenoxy) is 1. The number of aryl methyl sites for hydroxylation is 1. The highest BCUT2D eigenvalue weighted by Crippen LogP contribution is 2.23. The third kappa shape index (κ3) is 10.1. The van der Waals surface area contributed by atoms with Crippen molar-refractivity contribution in [2.24, 2.45) is 4.99 Å². The van der Waals surface area contributed by atoms with Crippen LogP contribution in [-0.4, -0.2) is 65.6 Å². The molecule has 10 nitrogen and oxygen atoms in total. The second-order valence-electron chi connectivity index (χ2n) is 9.89. The second-order valence-corrected chi connectivity index (χ2v) is 9.89. The molecule has 1 atom stereocenters. The molecular weight excluding hydrogens is 492 g/mol. The van der Waals surface area contributed by atoms with Crippen molar-refractivity contribution in [1.29, 1.82) is 0 Å². The quantitative estimate of drug-likeness (QED) is 0.177. The highest BCUT2D eigenvalue weighted by atomic mass is 16.5. The summed E-state index contributed by atoms with van der Waals surface area (Å²) in [7, 11) is 3.59. The van der Waals surface area contributed by atoms with Crippen molar-refractivity contribution in [3.05, 3.63) is 65.8 Å². The molecule has 0 aliphatic carbocycles. The Labute approximate surface area is 232 Å². The molecule has 3 N–H and O–H groups in total. The molecule has 0 saturated heterocycles. The zero-order valence-electron chi connectivity index (χ0n) is 24.3. The van der Waals surface area contributed by atoms with E-state index in [-0.39, 0.29) is 11.5 Å². The normalized spacial score (nSPS) is 12.6. The largest absolute Gasteiger partial charge is 0.388 e. The lowest BCUT2D eigenvalue weighted by molar-refractivity contribution is 0.112. The van der Waals surface area contributed by atoms with Crippen LogP contribution in [-0.2, 0) is 10.2 Å². The Morgan fingerprint density at radius 3 is 2.62 bits per heavy atom. The van der Waals surface area contributed by atoms with Gasteiger partial charge in [0.2, 0.25) is 5.95 Å². The molecule has 0 aliphatic rings. The smallest absolute Gasteiger partial charge is 0.231 e. The fourth-order valence-electron chi connectivity index (χ4n) is 3.43. The first-order chi connectivity index (χ1) is 18.6. The van der Waals surface area contributed by atoms with Crippen LogP contribution in [0.5, 0.6) is 0 Å². The SMILES string of the molecule is C/C=N\C(=C/C(C)NCCOC)n1ncnc1Nc1cc(C=O)ccc1C.CNc1ccnc(C(C)(C)C)c1. The van der Waals surface area contributed by atoms with E-state index >= 15 is 0 Å².